The van der Waals surface area contributed by atoms with Crippen molar-refractivity contribution in [3.05, 3.63) is 70.7 Å². The number of carbonyl (C=O) groups is 1. The molecule has 5 rings (SSSR count). The van der Waals surface area contributed by atoms with Gasteiger partial charge >= 0.3 is 0 Å². The fraction of sp³-hybridized carbons (Fsp3) is 0.385. The number of carbonyl (C=O) groups excluding carboxylic acids is 1. The second-order valence-electron chi connectivity index (χ2n) is 9.04. The van der Waals surface area contributed by atoms with Gasteiger partial charge < -0.3 is 9.80 Å². The molecule has 0 spiro atoms. The van der Waals surface area contributed by atoms with E-state index in [0.29, 0.717) is 6.42 Å². The average Bonchev–Trinajstić information content (AvgIpc) is 3.39. The van der Waals surface area contributed by atoms with E-state index in [1.165, 1.54) is 11.1 Å². The third kappa shape index (κ3) is 4.49. The van der Waals surface area contributed by atoms with Gasteiger partial charge in [-0.3, -0.25) is 9.69 Å². The highest BCUT2D eigenvalue weighted by Gasteiger charge is 2.30. The SMILES string of the molecule is CC1Cc2ccccc2N1C(=O)Cc1csc(-c2ccc(CN3CCN(C)CC3)cc2)n1. The summed E-state index contributed by atoms with van der Waals surface area (Å²) in [6, 6.07) is 17.2. The van der Waals surface area contributed by atoms with Gasteiger partial charge in [0.15, 0.2) is 0 Å². The largest absolute Gasteiger partial charge is 0.309 e. The van der Waals surface area contributed by atoms with E-state index in [0.717, 1.165) is 61.1 Å². The number of nitrogens with zero attached hydrogens (tertiary/aromatic N) is 4. The molecule has 0 bridgehead atoms. The summed E-state index contributed by atoms with van der Waals surface area (Å²) in [5.41, 5.74) is 5.62. The standard InChI is InChI=1S/C26H30N4OS/c1-19-15-22-5-3-4-6-24(22)30(19)25(31)16-23-18-32-26(27-23)21-9-7-20(8-10-21)17-29-13-11-28(2)12-14-29/h3-10,18-19H,11-17H2,1-2H3. The zero-order chi connectivity index (χ0) is 22.1. The first-order valence-electron chi connectivity index (χ1n) is 11.4. The minimum Gasteiger partial charge on any atom is -0.309 e. The van der Waals surface area contributed by atoms with Crippen LogP contribution in [-0.2, 0) is 24.2 Å². The topological polar surface area (TPSA) is 39.7 Å². The summed E-state index contributed by atoms with van der Waals surface area (Å²) in [5, 5.41) is 3.01. The highest BCUT2D eigenvalue weighted by molar-refractivity contribution is 7.13. The Morgan fingerprint density at radius 3 is 2.59 bits per heavy atom. The number of thiazole rings is 1. The van der Waals surface area contributed by atoms with Crippen molar-refractivity contribution in [3.63, 3.8) is 0 Å². The zero-order valence-electron chi connectivity index (χ0n) is 18.8. The molecule has 0 saturated carbocycles. The van der Waals surface area contributed by atoms with Crippen molar-refractivity contribution in [1.29, 1.82) is 0 Å². The molecule has 1 fully saturated rings. The molecule has 3 aromatic rings. The lowest BCUT2D eigenvalue weighted by Gasteiger charge is -2.32. The van der Waals surface area contributed by atoms with Crippen LogP contribution in [0.1, 0.15) is 23.7 Å². The van der Waals surface area contributed by atoms with Crippen molar-refractivity contribution in [2.75, 3.05) is 38.1 Å². The molecule has 2 aliphatic rings. The molecular weight excluding hydrogens is 416 g/mol. The molecule has 32 heavy (non-hydrogen) atoms. The number of hydrogen-bond donors (Lipinski definition) is 0. The van der Waals surface area contributed by atoms with E-state index in [1.54, 1.807) is 11.3 Å². The molecule has 1 saturated heterocycles. The third-order valence-corrected chi connectivity index (χ3v) is 7.50. The Labute approximate surface area is 194 Å². The van der Waals surface area contributed by atoms with Gasteiger partial charge in [0.05, 0.1) is 12.1 Å². The fourth-order valence-corrected chi connectivity index (χ4v) is 5.55. The first-order chi connectivity index (χ1) is 15.6. The number of fused-ring (bicyclic) bond motifs is 1. The predicted molar refractivity (Wildman–Crippen MR) is 131 cm³/mol. The lowest BCUT2D eigenvalue weighted by molar-refractivity contribution is -0.118. The van der Waals surface area contributed by atoms with E-state index in [2.05, 4.69) is 54.1 Å². The second kappa shape index (κ2) is 9.14. The summed E-state index contributed by atoms with van der Waals surface area (Å²) >= 11 is 1.62. The van der Waals surface area contributed by atoms with Gasteiger partial charge in [0.2, 0.25) is 5.91 Å². The number of para-hydroxylation sites is 1. The number of aromatic nitrogens is 1. The Morgan fingerprint density at radius 2 is 1.81 bits per heavy atom. The number of piperazine rings is 1. The van der Waals surface area contributed by atoms with Crippen LogP contribution in [0.5, 0.6) is 0 Å². The van der Waals surface area contributed by atoms with Crippen molar-refractivity contribution in [2.24, 2.45) is 0 Å². The molecule has 1 aromatic heterocycles. The predicted octanol–water partition coefficient (Wildman–Crippen LogP) is 4.08. The molecular formula is C26H30N4OS. The Balaban J connectivity index is 1.23. The van der Waals surface area contributed by atoms with Crippen molar-refractivity contribution in [3.8, 4) is 10.6 Å². The Bertz CT molecular complexity index is 1090. The molecule has 166 valence electrons. The van der Waals surface area contributed by atoms with Crippen LogP contribution in [0.15, 0.2) is 53.9 Å². The maximum absolute atomic E-state index is 13.1. The smallest absolute Gasteiger partial charge is 0.233 e. The molecule has 0 N–H and O–H groups in total. The van der Waals surface area contributed by atoms with Gasteiger partial charge in [-0.2, -0.15) is 0 Å². The summed E-state index contributed by atoms with van der Waals surface area (Å²) in [5.74, 6) is 0.127. The number of anilines is 1. The van der Waals surface area contributed by atoms with Crippen LogP contribution < -0.4 is 4.90 Å². The van der Waals surface area contributed by atoms with E-state index < -0.39 is 0 Å². The van der Waals surface area contributed by atoms with Gasteiger partial charge in [-0.05, 0) is 37.6 Å². The van der Waals surface area contributed by atoms with Crippen molar-refractivity contribution in [2.45, 2.75) is 32.4 Å². The Morgan fingerprint density at radius 1 is 1.06 bits per heavy atom. The Hall–Kier alpha value is -2.54. The van der Waals surface area contributed by atoms with E-state index in [9.17, 15) is 4.79 Å². The highest BCUT2D eigenvalue weighted by atomic mass is 32.1. The number of amides is 1. The zero-order valence-corrected chi connectivity index (χ0v) is 19.6. The van der Waals surface area contributed by atoms with Crippen LogP contribution >= 0.6 is 11.3 Å². The summed E-state index contributed by atoms with van der Waals surface area (Å²) in [7, 11) is 2.19. The molecule has 5 nitrogen and oxygen atoms in total. The van der Waals surface area contributed by atoms with Gasteiger partial charge in [0, 0.05) is 55.4 Å². The summed E-state index contributed by atoms with van der Waals surface area (Å²) in [4.78, 5) is 24.7. The summed E-state index contributed by atoms with van der Waals surface area (Å²) < 4.78 is 0. The average molecular weight is 447 g/mol. The lowest BCUT2D eigenvalue weighted by atomic mass is 10.1. The highest BCUT2D eigenvalue weighted by Crippen LogP contribution is 2.32. The minimum atomic E-state index is 0.127. The molecule has 1 amide bonds. The van der Waals surface area contributed by atoms with Gasteiger partial charge in [0.1, 0.15) is 5.01 Å². The van der Waals surface area contributed by atoms with E-state index in [4.69, 9.17) is 4.98 Å². The molecule has 0 radical (unpaired) electrons. The molecule has 2 aliphatic heterocycles. The van der Waals surface area contributed by atoms with Gasteiger partial charge in [-0.15, -0.1) is 11.3 Å². The normalized spacial score (nSPS) is 19.3. The maximum Gasteiger partial charge on any atom is 0.233 e. The monoisotopic (exact) mass is 446 g/mol. The summed E-state index contributed by atoms with van der Waals surface area (Å²) in [6.45, 7) is 7.65. The quantitative estimate of drug-likeness (QED) is 0.592. The molecule has 3 heterocycles. The van der Waals surface area contributed by atoms with Crippen LogP contribution in [0.2, 0.25) is 0 Å². The van der Waals surface area contributed by atoms with Gasteiger partial charge in [-0.25, -0.2) is 4.98 Å². The van der Waals surface area contributed by atoms with E-state index in [1.807, 2.05) is 28.5 Å². The molecule has 0 aliphatic carbocycles. The molecule has 1 unspecified atom stereocenters. The van der Waals surface area contributed by atoms with Crippen LogP contribution in [0.25, 0.3) is 10.6 Å². The van der Waals surface area contributed by atoms with Crippen molar-refractivity contribution >= 4 is 22.9 Å². The van der Waals surface area contributed by atoms with Crippen molar-refractivity contribution in [1.82, 2.24) is 14.8 Å². The summed E-state index contributed by atoms with van der Waals surface area (Å²) in [6.07, 6.45) is 1.27. The molecule has 6 heteroatoms. The molecule has 2 aromatic carbocycles. The number of rotatable bonds is 5. The maximum atomic E-state index is 13.1. The number of hydrogen-bond acceptors (Lipinski definition) is 5. The molecule has 1 atom stereocenters. The van der Waals surface area contributed by atoms with Gasteiger partial charge in [-0.1, -0.05) is 42.5 Å². The van der Waals surface area contributed by atoms with E-state index >= 15 is 0 Å². The third-order valence-electron chi connectivity index (χ3n) is 6.56. The van der Waals surface area contributed by atoms with Crippen LogP contribution in [0.3, 0.4) is 0 Å². The van der Waals surface area contributed by atoms with Crippen molar-refractivity contribution < 1.29 is 4.79 Å². The Kier molecular flexibility index (Phi) is 6.09. The van der Waals surface area contributed by atoms with Crippen LogP contribution in [0.4, 0.5) is 5.69 Å². The first-order valence-corrected chi connectivity index (χ1v) is 12.3. The number of likely N-dealkylation sites (N-methyl/N-ethyl adjacent to an activating group) is 1. The van der Waals surface area contributed by atoms with E-state index in [-0.39, 0.29) is 11.9 Å². The van der Waals surface area contributed by atoms with Crippen LogP contribution in [0, 0.1) is 0 Å². The van der Waals surface area contributed by atoms with Crippen LogP contribution in [-0.4, -0.2) is 60.0 Å². The first kappa shape index (κ1) is 21.3. The second-order valence-corrected chi connectivity index (χ2v) is 9.90. The minimum absolute atomic E-state index is 0.127. The number of benzene rings is 2. The lowest BCUT2D eigenvalue weighted by Crippen LogP contribution is -2.43. The fourth-order valence-electron chi connectivity index (χ4n) is 4.72. The van der Waals surface area contributed by atoms with Gasteiger partial charge in [0.25, 0.3) is 0 Å².